The van der Waals surface area contributed by atoms with Crippen molar-refractivity contribution in [2.75, 3.05) is 19.7 Å². The fourth-order valence-electron chi connectivity index (χ4n) is 4.01. The van der Waals surface area contributed by atoms with E-state index in [0.29, 0.717) is 41.9 Å². The molecule has 176 valence electrons. The zero-order chi connectivity index (χ0) is 23.5. The van der Waals surface area contributed by atoms with Gasteiger partial charge in [0.25, 0.3) is 0 Å². The van der Waals surface area contributed by atoms with Gasteiger partial charge in [0.2, 0.25) is 0 Å². The van der Waals surface area contributed by atoms with Gasteiger partial charge in [0, 0.05) is 24.4 Å². The Morgan fingerprint density at radius 1 is 1.31 bits per heavy atom. The standard InChI is InChI=1S/C24H33ClFN3O3/c1-4-23(2,3)32-22(30)29-11-9-24(10-12-29)14-16(24)15-31-21(28)8-7-20(27)18-13-17(26)5-6-19(18)25/h5-8,13,16H,4,9-12,14-15,27-28H2,1-3H3/b20-7-,21-8+. The Hall–Kier alpha value is -2.41. The van der Waals surface area contributed by atoms with Crippen molar-refractivity contribution in [3.05, 3.63) is 52.6 Å². The summed E-state index contributed by atoms with van der Waals surface area (Å²) in [6.07, 6.45) is 6.62. The highest BCUT2D eigenvalue weighted by atomic mass is 35.5. The van der Waals surface area contributed by atoms with Gasteiger partial charge in [-0.15, -0.1) is 0 Å². The largest absolute Gasteiger partial charge is 0.479 e. The quantitative estimate of drug-likeness (QED) is 0.435. The molecule has 2 fully saturated rings. The summed E-state index contributed by atoms with van der Waals surface area (Å²) in [6, 6.07) is 4.01. The number of likely N-dealkylation sites (tertiary alicyclic amines) is 1. The molecule has 1 saturated carbocycles. The molecule has 4 N–H and O–H groups in total. The Morgan fingerprint density at radius 3 is 2.66 bits per heavy atom. The number of piperidine rings is 1. The number of hydrogen-bond donors (Lipinski definition) is 2. The third-order valence-electron chi connectivity index (χ3n) is 6.71. The van der Waals surface area contributed by atoms with Gasteiger partial charge in [-0.3, -0.25) is 0 Å². The highest BCUT2D eigenvalue weighted by Crippen LogP contribution is 2.59. The van der Waals surface area contributed by atoms with E-state index in [1.54, 1.807) is 17.1 Å². The molecule has 6 nitrogen and oxygen atoms in total. The van der Waals surface area contributed by atoms with Crippen LogP contribution in [0.1, 0.15) is 52.0 Å². The lowest BCUT2D eigenvalue weighted by molar-refractivity contribution is 0.00370. The van der Waals surface area contributed by atoms with Gasteiger partial charge in [0.05, 0.1) is 11.6 Å². The van der Waals surface area contributed by atoms with Gasteiger partial charge in [-0.1, -0.05) is 18.5 Å². The molecule has 1 spiro atoms. The van der Waals surface area contributed by atoms with Crippen molar-refractivity contribution in [3.63, 3.8) is 0 Å². The Bertz CT molecular complexity index is 908. The maximum atomic E-state index is 13.4. The first-order chi connectivity index (χ1) is 15.0. The summed E-state index contributed by atoms with van der Waals surface area (Å²) in [7, 11) is 0. The molecule has 0 aromatic heterocycles. The summed E-state index contributed by atoms with van der Waals surface area (Å²) in [5, 5.41) is 0.362. The van der Waals surface area contributed by atoms with Gasteiger partial charge < -0.3 is 25.8 Å². The minimum absolute atomic E-state index is 0.224. The minimum atomic E-state index is -0.441. The molecule has 0 radical (unpaired) electrons. The molecular formula is C24H33ClFN3O3. The molecule has 1 saturated heterocycles. The van der Waals surface area contributed by atoms with Crippen LogP contribution in [0.4, 0.5) is 9.18 Å². The summed E-state index contributed by atoms with van der Waals surface area (Å²) < 4.78 is 24.7. The third kappa shape index (κ3) is 5.88. The molecule has 1 heterocycles. The van der Waals surface area contributed by atoms with Gasteiger partial charge in [0.15, 0.2) is 5.88 Å². The second kappa shape index (κ2) is 9.61. The topological polar surface area (TPSA) is 90.8 Å². The summed E-state index contributed by atoms with van der Waals surface area (Å²) in [5.74, 6) is 0.241. The number of carbonyl (C=O) groups is 1. The van der Waals surface area contributed by atoms with E-state index in [9.17, 15) is 9.18 Å². The van der Waals surface area contributed by atoms with Crippen LogP contribution in [0.2, 0.25) is 5.02 Å². The van der Waals surface area contributed by atoms with Crippen molar-refractivity contribution in [1.29, 1.82) is 0 Å². The number of ether oxygens (including phenoxy) is 2. The molecule has 1 amide bonds. The molecule has 2 aliphatic rings. The highest BCUT2D eigenvalue weighted by Gasteiger charge is 2.55. The summed E-state index contributed by atoms with van der Waals surface area (Å²) in [4.78, 5) is 14.2. The van der Waals surface area contributed by atoms with E-state index >= 15 is 0 Å². The SMILES string of the molecule is CCC(C)(C)OC(=O)N1CCC2(CC1)CC2CO/C(N)=C/C=C(\N)c1cc(F)ccc1Cl. The van der Waals surface area contributed by atoms with Crippen LogP contribution >= 0.6 is 11.6 Å². The molecule has 1 aliphatic heterocycles. The van der Waals surface area contributed by atoms with Crippen molar-refractivity contribution < 1.29 is 18.7 Å². The predicted octanol–water partition coefficient (Wildman–Crippen LogP) is 5.02. The number of benzene rings is 1. The van der Waals surface area contributed by atoms with Crippen molar-refractivity contribution in [2.24, 2.45) is 22.8 Å². The number of allylic oxidation sites excluding steroid dienone is 2. The van der Waals surface area contributed by atoms with Gasteiger partial charge in [-0.25, -0.2) is 9.18 Å². The van der Waals surface area contributed by atoms with E-state index in [-0.39, 0.29) is 17.4 Å². The van der Waals surface area contributed by atoms with Gasteiger partial charge in [-0.2, -0.15) is 0 Å². The van der Waals surface area contributed by atoms with Crippen LogP contribution in [0.15, 0.2) is 36.2 Å². The maximum absolute atomic E-state index is 13.4. The highest BCUT2D eigenvalue weighted by molar-refractivity contribution is 6.32. The van der Waals surface area contributed by atoms with Crippen LogP contribution < -0.4 is 11.5 Å². The number of hydrogen-bond acceptors (Lipinski definition) is 5. The molecule has 32 heavy (non-hydrogen) atoms. The minimum Gasteiger partial charge on any atom is -0.479 e. The van der Waals surface area contributed by atoms with Crippen molar-refractivity contribution in [2.45, 2.75) is 52.1 Å². The molecule has 1 atom stereocenters. The number of halogens is 2. The fraction of sp³-hybridized carbons (Fsp3) is 0.542. The third-order valence-corrected chi connectivity index (χ3v) is 7.04. The number of nitrogens with two attached hydrogens (primary N) is 2. The van der Waals surface area contributed by atoms with E-state index in [1.165, 1.54) is 18.2 Å². The summed E-state index contributed by atoms with van der Waals surface area (Å²) in [5.41, 5.74) is 12.4. The van der Waals surface area contributed by atoms with Gasteiger partial charge >= 0.3 is 6.09 Å². The number of rotatable bonds is 7. The van der Waals surface area contributed by atoms with E-state index < -0.39 is 11.4 Å². The first-order valence-corrected chi connectivity index (χ1v) is 11.4. The predicted molar refractivity (Wildman–Crippen MR) is 124 cm³/mol. The molecule has 1 aromatic rings. The average molecular weight is 466 g/mol. The summed E-state index contributed by atoms with van der Waals surface area (Å²) >= 11 is 6.07. The Balaban J connectivity index is 1.46. The summed E-state index contributed by atoms with van der Waals surface area (Å²) in [6.45, 7) is 7.79. The van der Waals surface area contributed by atoms with E-state index in [0.717, 1.165) is 25.7 Å². The van der Waals surface area contributed by atoms with Crippen LogP contribution in [-0.2, 0) is 9.47 Å². The lowest BCUT2D eigenvalue weighted by Crippen LogP contribution is -2.43. The average Bonchev–Trinajstić information content (AvgIpc) is 3.43. The van der Waals surface area contributed by atoms with Crippen molar-refractivity contribution >= 4 is 23.4 Å². The first kappa shape index (κ1) is 24.2. The number of amides is 1. The second-order valence-electron chi connectivity index (χ2n) is 9.36. The molecule has 1 aliphatic carbocycles. The lowest BCUT2D eigenvalue weighted by atomic mass is 9.91. The molecular weight excluding hydrogens is 433 g/mol. The van der Waals surface area contributed by atoms with E-state index in [2.05, 4.69) is 0 Å². The maximum Gasteiger partial charge on any atom is 0.410 e. The molecule has 1 unspecified atom stereocenters. The molecule has 0 bridgehead atoms. The molecule has 8 heteroatoms. The molecule has 3 rings (SSSR count). The zero-order valence-corrected chi connectivity index (χ0v) is 19.8. The van der Waals surface area contributed by atoms with Crippen LogP contribution in [0.5, 0.6) is 0 Å². The first-order valence-electron chi connectivity index (χ1n) is 11.0. The number of carbonyl (C=O) groups excluding carboxylic acids is 1. The monoisotopic (exact) mass is 465 g/mol. The van der Waals surface area contributed by atoms with Gasteiger partial charge in [-0.05, 0) is 81.2 Å². The van der Waals surface area contributed by atoms with E-state index in [1.807, 2.05) is 20.8 Å². The van der Waals surface area contributed by atoms with Gasteiger partial charge in [0.1, 0.15) is 11.4 Å². The molecule has 1 aromatic carbocycles. The van der Waals surface area contributed by atoms with Crippen LogP contribution in [0.3, 0.4) is 0 Å². The Morgan fingerprint density at radius 2 is 2.00 bits per heavy atom. The second-order valence-corrected chi connectivity index (χ2v) is 9.77. The Labute approximate surface area is 194 Å². The van der Waals surface area contributed by atoms with Crippen molar-refractivity contribution in [1.82, 2.24) is 4.90 Å². The zero-order valence-electron chi connectivity index (χ0n) is 19.0. The lowest BCUT2D eigenvalue weighted by Gasteiger charge is -2.35. The van der Waals surface area contributed by atoms with Crippen molar-refractivity contribution in [3.8, 4) is 0 Å². The fourth-order valence-corrected chi connectivity index (χ4v) is 4.24. The van der Waals surface area contributed by atoms with Crippen LogP contribution in [0.25, 0.3) is 5.70 Å². The van der Waals surface area contributed by atoms with Crippen LogP contribution in [0, 0.1) is 17.2 Å². The Kier molecular flexibility index (Phi) is 7.28. The van der Waals surface area contributed by atoms with Crippen LogP contribution in [-0.4, -0.2) is 36.3 Å². The smallest absolute Gasteiger partial charge is 0.410 e. The van der Waals surface area contributed by atoms with E-state index in [4.69, 9.17) is 32.5 Å². The normalized spacial score (nSPS) is 20.9. The number of nitrogens with zero attached hydrogens (tertiary/aromatic N) is 1.